The van der Waals surface area contributed by atoms with Crippen LogP contribution in [0, 0.1) is 0 Å². The van der Waals surface area contributed by atoms with Gasteiger partial charge in [0.25, 0.3) is 0 Å². The summed E-state index contributed by atoms with van der Waals surface area (Å²) in [7, 11) is 0. The predicted octanol–water partition coefficient (Wildman–Crippen LogP) is 3.80. The molecule has 0 aliphatic rings. The van der Waals surface area contributed by atoms with Crippen LogP contribution in [0.15, 0.2) is 24.8 Å². The number of urea groups is 1. The van der Waals surface area contributed by atoms with Gasteiger partial charge in [0, 0.05) is 0 Å². The van der Waals surface area contributed by atoms with Gasteiger partial charge in [0.05, 0.1) is 20.8 Å². The van der Waals surface area contributed by atoms with Crippen molar-refractivity contribution in [3.05, 3.63) is 39.9 Å². The number of aliphatic carboxylic acids is 1. The van der Waals surface area contributed by atoms with Crippen molar-refractivity contribution in [2.45, 2.75) is 12.5 Å². The lowest BCUT2D eigenvalue weighted by Crippen LogP contribution is -2.42. The molecule has 0 fully saturated rings. The highest BCUT2D eigenvalue weighted by Gasteiger charge is 2.19. The average molecular weight is 338 g/mol. The van der Waals surface area contributed by atoms with Gasteiger partial charge in [-0.3, -0.25) is 0 Å². The molecule has 1 rings (SSSR count). The summed E-state index contributed by atoms with van der Waals surface area (Å²) >= 11 is 17.4. The number of carboxylic acid groups (broad SMARTS) is 1. The molecule has 0 aliphatic heterocycles. The zero-order valence-electron chi connectivity index (χ0n) is 10.1. The number of carbonyl (C=O) groups excluding carboxylic acids is 1. The number of halogens is 3. The van der Waals surface area contributed by atoms with Crippen molar-refractivity contribution in [3.8, 4) is 0 Å². The Bertz CT molecular complexity index is 549. The Balaban J connectivity index is 2.78. The number of hydrogen-bond donors (Lipinski definition) is 3. The second kappa shape index (κ2) is 7.38. The van der Waals surface area contributed by atoms with E-state index in [1.807, 2.05) is 0 Å². The highest BCUT2D eigenvalue weighted by atomic mass is 35.5. The zero-order valence-corrected chi connectivity index (χ0v) is 12.4. The van der Waals surface area contributed by atoms with Crippen LogP contribution in [0.2, 0.25) is 15.1 Å². The first kappa shape index (κ1) is 16.6. The average Bonchev–Trinajstić information content (AvgIpc) is 2.35. The molecule has 0 spiro atoms. The van der Waals surface area contributed by atoms with E-state index in [9.17, 15) is 9.59 Å². The third-order valence-electron chi connectivity index (χ3n) is 2.26. The SMILES string of the molecule is C=CCC(NC(=O)Nc1cc(Cl)c(Cl)cc1Cl)C(=O)O. The molecule has 0 aliphatic carbocycles. The molecule has 8 heteroatoms. The molecule has 5 nitrogen and oxygen atoms in total. The third kappa shape index (κ3) is 4.59. The van der Waals surface area contributed by atoms with Crippen molar-refractivity contribution in [2.75, 3.05) is 5.32 Å². The molecule has 2 amide bonds. The quantitative estimate of drug-likeness (QED) is 0.565. The highest BCUT2D eigenvalue weighted by Crippen LogP contribution is 2.32. The molecule has 0 heterocycles. The summed E-state index contributed by atoms with van der Waals surface area (Å²) in [6.45, 7) is 3.42. The van der Waals surface area contributed by atoms with E-state index < -0.39 is 18.0 Å². The molecule has 1 atom stereocenters. The maximum absolute atomic E-state index is 11.7. The van der Waals surface area contributed by atoms with Crippen LogP contribution in [0.4, 0.5) is 10.5 Å². The van der Waals surface area contributed by atoms with E-state index in [0.717, 1.165) is 0 Å². The Morgan fingerprint density at radius 2 is 1.85 bits per heavy atom. The Labute approximate surface area is 130 Å². The van der Waals surface area contributed by atoms with Crippen molar-refractivity contribution in [2.24, 2.45) is 0 Å². The molecule has 20 heavy (non-hydrogen) atoms. The topological polar surface area (TPSA) is 78.4 Å². The second-order valence-electron chi connectivity index (χ2n) is 3.76. The fourth-order valence-corrected chi connectivity index (χ4v) is 1.92. The van der Waals surface area contributed by atoms with Gasteiger partial charge < -0.3 is 15.7 Å². The van der Waals surface area contributed by atoms with Crippen molar-refractivity contribution in [1.29, 1.82) is 0 Å². The minimum absolute atomic E-state index is 0.0951. The first-order valence-corrected chi connectivity index (χ1v) is 6.54. The van der Waals surface area contributed by atoms with E-state index in [4.69, 9.17) is 39.9 Å². The number of nitrogens with one attached hydrogen (secondary N) is 2. The van der Waals surface area contributed by atoms with E-state index in [2.05, 4.69) is 17.2 Å². The van der Waals surface area contributed by atoms with Crippen LogP contribution in [-0.4, -0.2) is 23.1 Å². The van der Waals surface area contributed by atoms with Gasteiger partial charge in [-0.25, -0.2) is 9.59 Å². The number of amides is 2. The summed E-state index contributed by atoms with van der Waals surface area (Å²) in [5.41, 5.74) is 0.223. The van der Waals surface area contributed by atoms with Gasteiger partial charge in [-0.15, -0.1) is 6.58 Å². The van der Waals surface area contributed by atoms with Gasteiger partial charge in [-0.1, -0.05) is 40.9 Å². The number of carboxylic acids is 1. The van der Waals surface area contributed by atoms with Crippen LogP contribution in [0.3, 0.4) is 0 Å². The fourth-order valence-electron chi connectivity index (χ4n) is 1.32. The number of rotatable bonds is 5. The minimum Gasteiger partial charge on any atom is -0.480 e. The van der Waals surface area contributed by atoms with Gasteiger partial charge in [0.15, 0.2) is 0 Å². The Kier molecular flexibility index (Phi) is 6.13. The van der Waals surface area contributed by atoms with Crippen LogP contribution in [0.25, 0.3) is 0 Å². The molecule has 3 N–H and O–H groups in total. The van der Waals surface area contributed by atoms with Gasteiger partial charge >= 0.3 is 12.0 Å². The van der Waals surface area contributed by atoms with Gasteiger partial charge in [-0.2, -0.15) is 0 Å². The third-order valence-corrected chi connectivity index (χ3v) is 3.30. The van der Waals surface area contributed by atoms with Crippen molar-refractivity contribution in [3.63, 3.8) is 0 Å². The monoisotopic (exact) mass is 336 g/mol. The number of carbonyl (C=O) groups is 2. The lowest BCUT2D eigenvalue weighted by molar-refractivity contribution is -0.139. The number of hydrogen-bond acceptors (Lipinski definition) is 2. The molecule has 0 aromatic heterocycles. The molecule has 0 saturated carbocycles. The Hall–Kier alpha value is -1.43. The smallest absolute Gasteiger partial charge is 0.326 e. The maximum atomic E-state index is 11.7. The van der Waals surface area contributed by atoms with Gasteiger partial charge in [-0.05, 0) is 18.6 Å². The van der Waals surface area contributed by atoms with Crippen molar-refractivity contribution >= 4 is 52.5 Å². The number of benzene rings is 1. The van der Waals surface area contributed by atoms with Gasteiger partial charge in [0.2, 0.25) is 0 Å². The van der Waals surface area contributed by atoms with E-state index in [-0.39, 0.29) is 27.2 Å². The van der Waals surface area contributed by atoms with E-state index in [1.165, 1.54) is 18.2 Å². The van der Waals surface area contributed by atoms with E-state index in [0.29, 0.717) is 0 Å². The molecular formula is C12H11Cl3N2O3. The molecule has 108 valence electrons. The van der Waals surface area contributed by atoms with Crippen LogP contribution >= 0.6 is 34.8 Å². The summed E-state index contributed by atoms with van der Waals surface area (Å²) in [5, 5.41) is 14.2. The molecule has 1 aromatic rings. The summed E-state index contributed by atoms with van der Waals surface area (Å²) in [6.07, 6.45) is 1.49. The lowest BCUT2D eigenvalue weighted by Gasteiger charge is -2.14. The molecule has 0 bridgehead atoms. The largest absolute Gasteiger partial charge is 0.480 e. The maximum Gasteiger partial charge on any atom is 0.326 e. The fraction of sp³-hybridized carbons (Fsp3) is 0.167. The molecule has 1 unspecified atom stereocenters. The van der Waals surface area contributed by atoms with Crippen LogP contribution in [0.5, 0.6) is 0 Å². The number of anilines is 1. The Morgan fingerprint density at radius 1 is 1.25 bits per heavy atom. The van der Waals surface area contributed by atoms with E-state index >= 15 is 0 Å². The first-order chi connectivity index (χ1) is 9.35. The highest BCUT2D eigenvalue weighted by molar-refractivity contribution is 6.44. The molecule has 0 saturated heterocycles. The van der Waals surface area contributed by atoms with Crippen LogP contribution < -0.4 is 10.6 Å². The summed E-state index contributed by atoms with van der Waals surface area (Å²) in [5.74, 6) is -1.17. The summed E-state index contributed by atoms with van der Waals surface area (Å²) in [6, 6.07) is 0.947. The zero-order chi connectivity index (χ0) is 15.3. The molecule has 0 radical (unpaired) electrons. The lowest BCUT2D eigenvalue weighted by atomic mass is 10.2. The second-order valence-corrected chi connectivity index (χ2v) is 4.98. The summed E-state index contributed by atoms with van der Waals surface area (Å²) in [4.78, 5) is 22.6. The normalized spacial score (nSPS) is 11.6. The van der Waals surface area contributed by atoms with Crippen LogP contribution in [-0.2, 0) is 4.79 Å². The predicted molar refractivity (Wildman–Crippen MR) is 79.9 cm³/mol. The van der Waals surface area contributed by atoms with Gasteiger partial charge in [0.1, 0.15) is 6.04 Å². The minimum atomic E-state index is -1.17. The van der Waals surface area contributed by atoms with E-state index in [1.54, 1.807) is 0 Å². The van der Waals surface area contributed by atoms with Crippen molar-refractivity contribution in [1.82, 2.24) is 5.32 Å². The summed E-state index contributed by atoms with van der Waals surface area (Å²) < 4.78 is 0. The van der Waals surface area contributed by atoms with Crippen LogP contribution in [0.1, 0.15) is 6.42 Å². The van der Waals surface area contributed by atoms with Crippen molar-refractivity contribution < 1.29 is 14.7 Å². The standard InChI is InChI=1S/C12H11Cl3N2O3/c1-2-3-9(11(18)19)16-12(20)17-10-5-7(14)6(13)4-8(10)15/h2,4-5,9H,1,3H2,(H,18,19)(H2,16,17,20). The molecule has 1 aromatic carbocycles. The molecular weight excluding hydrogens is 327 g/mol. The first-order valence-electron chi connectivity index (χ1n) is 5.41. The Morgan fingerprint density at radius 3 is 2.40 bits per heavy atom.